The van der Waals surface area contributed by atoms with Crippen molar-refractivity contribution in [3.63, 3.8) is 0 Å². The van der Waals surface area contributed by atoms with Gasteiger partial charge in [-0.15, -0.1) is 24.8 Å². The van der Waals surface area contributed by atoms with Crippen LogP contribution >= 0.6 is 24.8 Å². The Morgan fingerprint density at radius 3 is 1.97 bits per heavy atom. The number of anilines is 1. The van der Waals surface area contributed by atoms with E-state index in [9.17, 15) is 10.2 Å². The molecule has 0 unspecified atom stereocenters. The van der Waals surface area contributed by atoms with Gasteiger partial charge < -0.3 is 20.4 Å². The molecule has 0 radical (unpaired) electrons. The Kier molecular flexibility index (Phi) is 12.9. The molecular formula is C30H38Cl2N2O2. The van der Waals surface area contributed by atoms with E-state index in [0.29, 0.717) is 6.42 Å². The fourth-order valence-electron chi connectivity index (χ4n) is 4.75. The predicted molar refractivity (Wildman–Crippen MR) is 157 cm³/mol. The quantitative estimate of drug-likeness (QED) is 0.251. The first-order chi connectivity index (χ1) is 16.7. The van der Waals surface area contributed by atoms with E-state index in [2.05, 4.69) is 58.7 Å². The summed E-state index contributed by atoms with van der Waals surface area (Å²) in [5.41, 5.74) is 6.81. The predicted octanol–water partition coefficient (Wildman–Crippen LogP) is 6.87. The summed E-state index contributed by atoms with van der Waals surface area (Å²) in [5, 5.41) is 23.0. The van der Waals surface area contributed by atoms with Crippen molar-refractivity contribution in [2.45, 2.75) is 32.1 Å². The molecular weight excluding hydrogens is 491 g/mol. The highest BCUT2D eigenvalue weighted by Gasteiger charge is 2.15. The van der Waals surface area contributed by atoms with Crippen LogP contribution in [0.2, 0.25) is 0 Å². The van der Waals surface area contributed by atoms with Crippen molar-refractivity contribution in [1.29, 1.82) is 0 Å². The molecule has 3 aromatic carbocycles. The lowest BCUT2D eigenvalue weighted by atomic mass is 9.87. The molecule has 4 nitrogen and oxygen atoms in total. The second kappa shape index (κ2) is 15.6. The second-order valence-corrected chi connectivity index (χ2v) is 9.00. The average molecular weight is 530 g/mol. The summed E-state index contributed by atoms with van der Waals surface area (Å²) >= 11 is 0. The maximum absolute atomic E-state index is 9.86. The van der Waals surface area contributed by atoms with Gasteiger partial charge in [0.2, 0.25) is 0 Å². The van der Waals surface area contributed by atoms with Gasteiger partial charge in [0.25, 0.3) is 0 Å². The number of aliphatic hydroxyl groups excluding tert-OH is 1. The highest BCUT2D eigenvalue weighted by molar-refractivity contribution is 5.98. The number of halogens is 2. The van der Waals surface area contributed by atoms with Crippen molar-refractivity contribution >= 4 is 41.6 Å². The molecule has 1 fully saturated rings. The van der Waals surface area contributed by atoms with Crippen molar-refractivity contribution in [3.05, 3.63) is 95.6 Å². The van der Waals surface area contributed by atoms with E-state index < -0.39 is 0 Å². The minimum Gasteiger partial charge on any atom is -0.508 e. The summed E-state index contributed by atoms with van der Waals surface area (Å²) in [5.74, 6) is 0.257. The third kappa shape index (κ3) is 8.28. The van der Waals surface area contributed by atoms with Crippen LogP contribution in [0.15, 0.2) is 78.9 Å². The molecule has 194 valence electrons. The highest BCUT2D eigenvalue weighted by atomic mass is 35.5. The van der Waals surface area contributed by atoms with E-state index >= 15 is 0 Å². The molecule has 0 aliphatic carbocycles. The Bertz CT molecular complexity index is 1050. The normalized spacial score (nSPS) is 14.2. The molecule has 3 N–H and O–H groups in total. The van der Waals surface area contributed by atoms with Crippen LogP contribution in [-0.2, 0) is 0 Å². The highest BCUT2D eigenvalue weighted by Crippen LogP contribution is 2.36. The van der Waals surface area contributed by atoms with E-state index in [4.69, 9.17) is 0 Å². The number of allylic oxidation sites excluding steroid dienone is 1. The first-order valence-electron chi connectivity index (χ1n) is 12.5. The van der Waals surface area contributed by atoms with Crippen molar-refractivity contribution in [1.82, 2.24) is 4.90 Å². The molecule has 1 aliphatic rings. The number of nitrogens with zero attached hydrogens (tertiary/aromatic N) is 1. The second-order valence-electron chi connectivity index (χ2n) is 9.00. The molecule has 0 aromatic heterocycles. The van der Waals surface area contributed by atoms with Gasteiger partial charge in [-0.05, 0) is 90.9 Å². The molecule has 0 saturated carbocycles. The first-order valence-corrected chi connectivity index (χ1v) is 12.5. The lowest BCUT2D eigenvalue weighted by Gasteiger charge is -2.26. The van der Waals surface area contributed by atoms with Gasteiger partial charge in [0.15, 0.2) is 0 Å². The zero-order valence-corrected chi connectivity index (χ0v) is 22.4. The molecule has 36 heavy (non-hydrogen) atoms. The Hall–Kier alpha value is -2.50. The molecule has 1 aliphatic heterocycles. The molecule has 6 heteroatoms. The van der Waals surface area contributed by atoms with Gasteiger partial charge in [-0.1, -0.05) is 61.0 Å². The average Bonchev–Trinajstić information content (AvgIpc) is 2.89. The number of phenols is 1. The number of nitrogens with one attached hydrogen (secondary N) is 1. The molecule has 4 rings (SSSR count). The first kappa shape index (κ1) is 29.7. The Morgan fingerprint density at radius 1 is 0.750 bits per heavy atom. The zero-order valence-electron chi connectivity index (χ0n) is 20.7. The Labute approximate surface area is 227 Å². The van der Waals surface area contributed by atoms with Crippen LogP contribution in [-0.4, -0.2) is 47.9 Å². The molecule has 0 bridgehead atoms. The Morgan fingerprint density at radius 2 is 1.36 bits per heavy atom. The Balaban J connectivity index is 0.00000228. The molecule has 0 amide bonds. The number of aliphatic hydroxyl groups is 1. The lowest BCUT2D eigenvalue weighted by Crippen LogP contribution is -2.33. The lowest BCUT2D eigenvalue weighted by molar-refractivity contribution is 0.237. The van der Waals surface area contributed by atoms with Crippen molar-refractivity contribution in [3.8, 4) is 5.75 Å². The van der Waals surface area contributed by atoms with Gasteiger partial charge in [-0.2, -0.15) is 0 Å². The van der Waals surface area contributed by atoms with Gasteiger partial charge in [0.1, 0.15) is 5.75 Å². The van der Waals surface area contributed by atoms with Gasteiger partial charge >= 0.3 is 0 Å². The summed E-state index contributed by atoms with van der Waals surface area (Å²) in [6.07, 6.45) is 5.47. The maximum atomic E-state index is 9.86. The van der Waals surface area contributed by atoms with Gasteiger partial charge in [-0.25, -0.2) is 0 Å². The van der Waals surface area contributed by atoms with Crippen molar-refractivity contribution < 1.29 is 10.2 Å². The van der Waals surface area contributed by atoms with E-state index in [1.54, 1.807) is 12.1 Å². The van der Waals surface area contributed by atoms with E-state index in [1.165, 1.54) is 37.9 Å². The molecule has 0 atom stereocenters. The van der Waals surface area contributed by atoms with Crippen molar-refractivity contribution in [2.75, 3.05) is 38.1 Å². The van der Waals surface area contributed by atoms with E-state index in [0.717, 1.165) is 47.5 Å². The molecule has 1 saturated heterocycles. The number of piperidine rings is 1. The standard InChI is InChI=1S/C30H36N2O2.2ClH/c33-23-7-10-29(24-8-3-1-4-9-24)30(26-13-17-28(34)18-14-26)25-11-15-27(16-12-25)31-19-22-32-20-5-2-6-21-32;;/h1,3-4,8-9,11-18,31,33-34H,2,5-7,10,19-23H2;2*1H/b30-29+;;. The van der Waals surface area contributed by atoms with Crippen molar-refractivity contribution in [2.24, 2.45) is 0 Å². The van der Waals surface area contributed by atoms with Crippen LogP contribution < -0.4 is 5.32 Å². The van der Waals surface area contributed by atoms with Gasteiger partial charge in [0.05, 0.1) is 0 Å². The van der Waals surface area contributed by atoms with E-state index in [1.807, 2.05) is 18.2 Å². The summed E-state index contributed by atoms with van der Waals surface area (Å²) in [7, 11) is 0. The van der Waals surface area contributed by atoms with Crippen LogP contribution in [0.3, 0.4) is 0 Å². The largest absolute Gasteiger partial charge is 0.508 e. The third-order valence-corrected chi connectivity index (χ3v) is 6.54. The summed E-state index contributed by atoms with van der Waals surface area (Å²) in [6.45, 7) is 4.62. The van der Waals surface area contributed by atoms with Gasteiger partial charge in [-0.3, -0.25) is 0 Å². The van der Waals surface area contributed by atoms with Crippen LogP contribution in [0, 0.1) is 0 Å². The number of hydrogen-bond acceptors (Lipinski definition) is 4. The van der Waals surface area contributed by atoms with E-state index in [-0.39, 0.29) is 37.2 Å². The molecule has 1 heterocycles. The number of hydrogen-bond donors (Lipinski definition) is 3. The fraction of sp³-hybridized carbons (Fsp3) is 0.333. The van der Waals surface area contributed by atoms with Gasteiger partial charge in [0, 0.05) is 25.4 Å². The number of rotatable bonds is 10. The summed E-state index contributed by atoms with van der Waals surface area (Å²) < 4.78 is 0. The summed E-state index contributed by atoms with van der Waals surface area (Å²) in [4.78, 5) is 2.55. The van der Waals surface area contributed by atoms with Crippen LogP contribution in [0.4, 0.5) is 5.69 Å². The zero-order chi connectivity index (χ0) is 23.6. The number of likely N-dealkylation sites (tertiary alicyclic amines) is 1. The minimum atomic E-state index is 0. The SMILES string of the molecule is Cl.Cl.OCCC/C(=C(\c1ccc(O)cc1)c1ccc(NCCN2CCCCC2)cc1)c1ccccc1. The van der Waals surface area contributed by atoms with Crippen LogP contribution in [0.25, 0.3) is 11.1 Å². The summed E-state index contributed by atoms with van der Waals surface area (Å²) in [6, 6.07) is 26.5. The molecule has 0 spiro atoms. The van der Waals surface area contributed by atoms with Crippen LogP contribution in [0.5, 0.6) is 5.75 Å². The monoisotopic (exact) mass is 528 g/mol. The minimum absolute atomic E-state index is 0. The topological polar surface area (TPSA) is 55.7 Å². The van der Waals surface area contributed by atoms with Crippen LogP contribution in [0.1, 0.15) is 48.8 Å². The number of aromatic hydroxyl groups is 1. The number of benzene rings is 3. The molecule has 3 aromatic rings. The smallest absolute Gasteiger partial charge is 0.115 e. The maximum Gasteiger partial charge on any atom is 0.115 e. The number of phenolic OH excluding ortho intramolecular Hbond substituents is 1. The fourth-order valence-corrected chi connectivity index (χ4v) is 4.75. The third-order valence-electron chi connectivity index (χ3n) is 6.54.